The van der Waals surface area contributed by atoms with Gasteiger partial charge in [0.15, 0.2) is 0 Å². The smallest absolute Gasteiger partial charge is 0.338 e. The number of rotatable bonds is 7. The summed E-state index contributed by atoms with van der Waals surface area (Å²) in [5.41, 5.74) is 4.04. The van der Waals surface area contributed by atoms with Gasteiger partial charge in [0, 0.05) is 5.69 Å². The molecule has 0 saturated carbocycles. The molecule has 1 heterocycles. The molecule has 0 saturated heterocycles. The molecule has 0 spiro atoms. The van der Waals surface area contributed by atoms with Crippen molar-refractivity contribution in [3.8, 4) is 5.69 Å². The highest BCUT2D eigenvalue weighted by molar-refractivity contribution is 7.99. The third kappa shape index (κ3) is 5.00. The fourth-order valence-electron chi connectivity index (χ4n) is 2.78. The van der Waals surface area contributed by atoms with Crippen LogP contribution in [0, 0.1) is 13.8 Å². The number of amides is 1. The third-order valence-electron chi connectivity index (χ3n) is 4.10. The summed E-state index contributed by atoms with van der Waals surface area (Å²) in [5.74, 6) is -0.445. The predicted octanol–water partition coefficient (Wildman–Crippen LogP) is 3.19. The van der Waals surface area contributed by atoms with E-state index in [4.69, 9.17) is 4.74 Å². The van der Waals surface area contributed by atoms with Crippen molar-refractivity contribution in [2.45, 2.75) is 25.9 Å². The highest BCUT2D eigenvalue weighted by atomic mass is 32.2. The van der Waals surface area contributed by atoms with Crippen molar-refractivity contribution >= 4 is 29.3 Å². The highest BCUT2D eigenvalue weighted by Gasteiger charge is 2.15. The Morgan fingerprint density at radius 1 is 1.10 bits per heavy atom. The molecule has 0 bridgehead atoms. The van der Waals surface area contributed by atoms with Crippen molar-refractivity contribution in [3.63, 3.8) is 0 Å². The SMILES string of the molecule is CCOC(=O)c1ccc(NC(=O)CSc2nnnn2-c2c(C)cccc2C)cc1. The number of para-hydroxylation sites is 1. The first-order chi connectivity index (χ1) is 14.0. The first kappa shape index (κ1) is 20.5. The summed E-state index contributed by atoms with van der Waals surface area (Å²) in [7, 11) is 0. The van der Waals surface area contributed by atoms with Gasteiger partial charge in [-0.1, -0.05) is 30.0 Å². The summed E-state index contributed by atoms with van der Waals surface area (Å²) < 4.78 is 6.59. The van der Waals surface area contributed by atoms with Crippen LogP contribution in [-0.2, 0) is 9.53 Å². The van der Waals surface area contributed by atoms with Crippen LogP contribution in [0.2, 0.25) is 0 Å². The Hall–Kier alpha value is -3.20. The van der Waals surface area contributed by atoms with Crippen LogP contribution < -0.4 is 5.32 Å². The minimum atomic E-state index is -0.390. The number of benzene rings is 2. The number of nitrogens with one attached hydrogen (secondary N) is 1. The second-order valence-electron chi connectivity index (χ2n) is 6.25. The molecule has 9 heteroatoms. The van der Waals surface area contributed by atoms with E-state index >= 15 is 0 Å². The molecule has 1 aromatic heterocycles. The van der Waals surface area contributed by atoms with Gasteiger partial charge < -0.3 is 10.1 Å². The zero-order chi connectivity index (χ0) is 20.8. The van der Waals surface area contributed by atoms with Crippen molar-refractivity contribution in [2.24, 2.45) is 0 Å². The Labute approximate surface area is 172 Å². The first-order valence-corrected chi connectivity index (χ1v) is 10.0. The number of thioether (sulfide) groups is 1. The zero-order valence-corrected chi connectivity index (χ0v) is 17.2. The van der Waals surface area contributed by atoms with Crippen LogP contribution in [0.1, 0.15) is 28.4 Å². The second kappa shape index (κ2) is 9.33. The van der Waals surface area contributed by atoms with E-state index in [0.29, 0.717) is 23.0 Å². The van der Waals surface area contributed by atoms with E-state index in [1.807, 2.05) is 32.0 Å². The maximum atomic E-state index is 12.3. The molecule has 0 aliphatic carbocycles. The Kier molecular flexibility index (Phi) is 6.61. The van der Waals surface area contributed by atoms with E-state index in [0.717, 1.165) is 16.8 Å². The summed E-state index contributed by atoms with van der Waals surface area (Å²) in [6.45, 7) is 6.05. The molecular formula is C20H21N5O3S. The molecule has 1 N–H and O–H groups in total. The lowest BCUT2D eigenvalue weighted by Crippen LogP contribution is -2.15. The largest absolute Gasteiger partial charge is 0.462 e. The van der Waals surface area contributed by atoms with Gasteiger partial charge in [-0.2, -0.15) is 4.68 Å². The van der Waals surface area contributed by atoms with Gasteiger partial charge in [0.1, 0.15) is 0 Å². The summed E-state index contributed by atoms with van der Waals surface area (Å²) in [6, 6.07) is 12.5. The van der Waals surface area contributed by atoms with Gasteiger partial charge in [-0.25, -0.2) is 4.79 Å². The van der Waals surface area contributed by atoms with Gasteiger partial charge in [-0.3, -0.25) is 4.79 Å². The molecule has 2 aromatic carbocycles. The van der Waals surface area contributed by atoms with E-state index in [1.165, 1.54) is 11.8 Å². The van der Waals surface area contributed by atoms with Gasteiger partial charge >= 0.3 is 5.97 Å². The summed E-state index contributed by atoms with van der Waals surface area (Å²) in [4.78, 5) is 24.0. The number of carbonyl (C=O) groups is 2. The van der Waals surface area contributed by atoms with Gasteiger partial charge in [-0.15, -0.1) is 5.10 Å². The lowest BCUT2D eigenvalue weighted by atomic mass is 10.1. The Bertz CT molecular complexity index is 997. The number of anilines is 1. The number of hydrogen-bond donors (Lipinski definition) is 1. The molecule has 0 aliphatic heterocycles. The van der Waals surface area contributed by atoms with E-state index in [9.17, 15) is 9.59 Å². The molecule has 0 aliphatic rings. The number of nitrogens with zero attached hydrogens (tertiary/aromatic N) is 4. The van der Waals surface area contributed by atoms with Crippen LogP contribution in [0.25, 0.3) is 5.69 Å². The number of carbonyl (C=O) groups excluding carboxylic acids is 2. The van der Waals surface area contributed by atoms with E-state index in [-0.39, 0.29) is 17.6 Å². The van der Waals surface area contributed by atoms with Crippen molar-refractivity contribution < 1.29 is 14.3 Å². The quantitative estimate of drug-likeness (QED) is 0.471. The van der Waals surface area contributed by atoms with Gasteiger partial charge in [-0.05, 0) is 66.6 Å². The van der Waals surface area contributed by atoms with Crippen molar-refractivity contribution in [3.05, 3.63) is 59.2 Å². The normalized spacial score (nSPS) is 10.6. The van der Waals surface area contributed by atoms with Crippen LogP contribution in [-0.4, -0.2) is 44.4 Å². The van der Waals surface area contributed by atoms with E-state index < -0.39 is 0 Å². The minimum Gasteiger partial charge on any atom is -0.462 e. The third-order valence-corrected chi connectivity index (χ3v) is 5.02. The number of hydrogen-bond acceptors (Lipinski definition) is 7. The molecule has 150 valence electrons. The lowest BCUT2D eigenvalue weighted by molar-refractivity contribution is -0.113. The number of aromatic nitrogens is 4. The monoisotopic (exact) mass is 411 g/mol. The van der Waals surface area contributed by atoms with Gasteiger partial charge in [0.2, 0.25) is 11.1 Å². The van der Waals surface area contributed by atoms with Crippen LogP contribution in [0.3, 0.4) is 0 Å². The maximum Gasteiger partial charge on any atom is 0.338 e. The molecular weight excluding hydrogens is 390 g/mol. The van der Waals surface area contributed by atoms with Crippen LogP contribution in [0.5, 0.6) is 0 Å². The van der Waals surface area contributed by atoms with Crippen molar-refractivity contribution in [1.82, 2.24) is 20.2 Å². The topological polar surface area (TPSA) is 99.0 Å². The standard InChI is InChI=1S/C20H21N5O3S/c1-4-28-19(27)15-8-10-16(11-9-15)21-17(26)12-29-20-22-23-24-25(20)18-13(2)6-5-7-14(18)3/h5-11H,4,12H2,1-3H3,(H,21,26). The summed E-state index contributed by atoms with van der Waals surface area (Å²) >= 11 is 1.25. The molecule has 29 heavy (non-hydrogen) atoms. The summed E-state index contributed by atoms with van der Waals surface area (Å²) in [6.07, 6.45) is 0. The molecule has 0 unspecified atom stereocenters. The van der Waals surface area contributed by atoms with Gasteiger partial charge in [0.05, 0.1) is 23.6 Å². The van der Waals surface area contributed by atoms with Crippen molar-refractivity contribution in [1.29, 1.82) is 0 Å². The van der Waals surface area contributed by atoms with Crippen LogP contribution in [0.15, 0.2) is 47.6 Å². The molecule has 8 nitrogen and oxygen atoms in total. The second-order valence-corrected chi connectivity index (χ2v) is 7.19. The average Bonchev–Trinajstić information content (AvgIpc) is 3.15. The van der Waals surface area contributed by atoms with Gasteiger partial charge in [0.25, 0.3) is 0 Å². The number of esters is 1. The van der Waals surface area contributed by atoms with Crippen molar-refractivity contribution in [2.75, 3.05) is 17.7 Å². The number of ether oxygens (including phenoxy) is 1. The molecule has 3 aromatic rings. The lowest BCUT2D eigenvalue weighted by Gasteiger charge is -2.10. The average molecular weight is 411 g/mol. The number of aryl methyl sites for hydroxylation is 2. The number of tetrazole rings is 1. The van der Waals surface area contributed by atoms with E-state index in [2.05, 4.69) is 20.8 Å². The fourth-order valence-corrected chi connectivity index (χ4v) is 3.46. The maximum absolute atomic E-state index is 12.3. The fraction of sp³-hybridized carbons (Fsp3) is 0.250. The Morgan fingerprint density at radius 2 is 1.79 bits per heavy atom. The molecule has 3 rings (SSSR count). The van der Waals surface area contributed by atoms with Crippen LogP contribution in [0.4, 0.5) is 5.69 Å². The molecule has 0 atom stereocenters. The molecule has 1 amide bonds. The summed E-state index contributed by atoms with van der Waals surface area (Å²) in [5, 5.41) is 15.2. The molecule has 0 radical (unpaired) electrons. The predicted molar refractivity (Wildman–Crippen MR) is 110 cm³/mol. The minimum absolute atomic E-state index is 0.144. The first-order valence-electron chi connectivity index (χ1n) is 9.04. The van der Waals surface area contributed by atoms with E-state index in [1.54, 1.807) is 35.9 Å². The Morgan fingerprint density at radius 3 is 2.45 bits per heavy atom. The molecule has 0 fully saturated rings. The zero-order valence-electron chi connectivity index (χ0n) is 16.4. The van der Waals surface area contributed by atoms with Crippen LogP contribution >= 0.6 is 11.8 Å². The Balaban J connectivity index is 1.62. The highest BCUT2D eigenvalue weighted by Crippen LogP contribution is 2.23.